The van der Waals surface area contributed by atoms with Gasteiger partial charge in [-0.3, -0.25) is 0 Å². The molecule has 0 unspecified atom stereocenters. The molecule has 2 heterocycles. The second-order valence-electron chi connectivity index (χ2n) is 6.46. The van der Waals surface area contributed by atoms with Crippen LogP contribution in [0.4, 0.5) is 0 Å². The van der Waals surface area contributed by atoms with Crippen LogP contribution < -0.4 is 0 Å². The topological polar surface area (TPSA) is 68.1 Å². The number of rotatable bonds is 3. The average molecular weight is 368 g/mol. The van der Waals surface area contributed by atoms with Crippen LogP contribution in [0, 0.1) is 6.92 Å². The molecule has 0 atom stereocenters. The van der Waals surface area contributed by atoms with Gasteiger partial charge in [-0.2, -0.15) is 4.31 Å². The maximum atomic E-state index is 13.0. The van der Waals surface area contributed by atoms with Crippen molar-refractivity contribution in [3.05, 3.63) is 65.4 Å². The van der Waals surface area contributed by atoms with Crippen LogP contribution in [0.15, 0.2) is 53.4 Å². The molecule has 1 aliphatic heterocycles. The van der Waals surface area contributed by atoms with E-state index < -0.39 is 10.0 Å². The molecule has 26 heavy (non-hydrogen) atoms. The van der Waals surface area contributed by atoms with Gasteiger partial charge in [0.05, 0.1) is 23.7 Å². The van der Waals surface area contributed by atoms with Crippen LogP contribution in [-0.2, 0) is 23.1 Å². The number of aromatic nitrogens is 3. The fourth-order valence-corrected chi connectivity index (χ4v) is 4.89. The van der Waals surface area contributed by atoms with Crippen LogP contribution in [0.25, 0.3) is 11.3 Å². The number of sulfonamides is 1. The molecule has 0 spiro atoms. The van der Waals surface area contributed by atoms with Gasteiger partial charge in [-0.25, -0.2) is 13.1 Å². The number of benzene rings is 2. The van der Waals surface area contributed by atoms with Crippen LogP contribution >= 0.6 is 0 Å². The zero-order chi connectivity index (χ0) is 18.3. The standard InChI is InChI=1S/C19H20N4O2S/c1-3-22-13-17-19(16-6-4-5-7-18(16)26(22,24)25)23(21-20-17)12-15-10-8-14(2)9-11-15/h4-11H,3,12-13H2,1-2H3. The molecule has 4 rings (SSSR count). The first-order chi connectivity index (χ1) is 12.5. The monoisotopic (exact) mass is 368 g/mol. The lowest BCUT2D eigenvalue weighted by Gasteiger charge is -2.17. The Morgan fingerprint density at radius 1 is 1.08 bits per heavy atom. The molecular weight excluding hydrogens is 348 g/mol. The van der Waals surface area contributed by atoms with Gasteiger partial charge in [0.25, 0.3) is 0 Å². The largest absolute Gasteiger partial charge is 0.244 e. The van der Waals surface area contributed by atoms with E-state index >= 15 is 0 Å². The van der Waals surface area contributed by atoms with Crippen molar-refractivity contribution in [3.63, 3.8) is 0 Å². The van der Waals surface area contributed by atoms with Gasteiger partial charge in [0.15, 0.2) is 0 Å². The number of aryl methyl sites for hydroxylation is 1. The van der Waals surface area contributed by atoms with Crippen molar-refractivity contribution in [2.24, 2.45) is 0 Å². The summed E-state index contributed by atoms with van der Waals surface area (Å²) in [6.07, 6.45) is 0. The van der Waals surface area contributed by atoms with E-state index in [-0.39, 0.29) is 6.54 Å². The Hall–Kier alpha value is -2.51. The summed E-state index contributed by atoms with van der Waals surface area (Å²) in [5.41, 5.74) is 4.42. The lowest BCUT2D eigenvalue weighted by Crippen LogP contribution is -2.29. The highest BCUT2D eigenvalue weighted by Gasteiger charge is 2.33. The Bertz CT molecular complexity index is 1060. The van der Waals surface area contributed by atoms with E-state index in [4.69, 9.17) is 0 Å². The van der Waals surface area contributed by atoms with E-state index in [9.17, 15) is 8.42 Å². The second-order valence-corrected chi connectivity index (χ2v) is 8.36. The number of hydrogen-bond acceptors (Lipinski definition) is 4. The Morgan fingerprint density at radius 3 is 2.54 bits per heavy atom. The first kappa shape index (κ1) is 16.9. The van der Waals surface area contributed by atoms with Gasteiger partial charge >= 0.3 is 0 Å². The Morgan fingerprint density at radius 2 is 1.81 bits per heavy atom. The van der Waals surface area contributed by atoms with Gasteiger partial charge in [0.1, 0.15) is 5.69 Å². The summed E-state index contributed by atoms with van der Waals surface area (Å²) in [5.74, 6) is 0. The van der Waals surface area contributed by atoms with Crippen molar-refractivity contribution >= 4 is 10.0 Å². The average Bonchev–Trinajstić information content (AvgIpc) is 2.99. The van der Waals surface area contributed by atoms with Crippen molar-refractivity contribution in [1.82, 2.24) is 19.3 Å². The zero-order valence-corrected chi connectivity index (χ0v) is 15.6. The van der Waals surface area contributed by atoms with Crippen molar-refractivity contribution < 1.29 is 8.42 Å². The highest BCUT2D eigenvalue weighted by Crippen LogP contribution is 2.35. The van der Waals surface area contributed by atoms with Crippen molar-refractivity contribution in [2.75, 3.05) is 6.54 Å². The Kier molecular flexibility index (Phi) is 4.13. The second kappa shape index (κ2) is 6.34. The molecule has 134 valence electrons. The van der Waals surface area contributed by atoms with Gasteiger partial charge in [0.2, 0.25) is 10.0 Å². The van der Waals surface area contributed by atoms with Crippen LogP contribution in [0.5, 0.6) is 0 Å². The molecule has 0 radical (unpaired) electrons. The number of nitrogens with zero attached hydrogens (tertiary/aromatic N) is 4. The van der Waals surface area contributed by atoms with E-state index in [0.29, 0.717) is 29.2 Å². The van der Waals surface area contributed by atoms with E-state index in [1.165, 1.54) is 9.87 Å². The van der Waals surface area contributed by atoms with Crippen LogP contribution in [0.3, 0.4) is 0 Å². The molecule has 3 aromatic rings. The molecule has 7 heteroatoms. The minimum atomic E-state index is -3.55. The summed E-state index contributed by atoms with van der Waals surface area (Å²) in [4.78, 5) is 0.313. The highest BCUT2D eigenvalue weighted by molar-refractivity contribution is 7.89. The normalized spacial score (nSPS) is 15.9. The summed E-state index contributed by atoms with van der Waals surface area (Å²) in [5, 5.41) is 8.62. The maximum absolute atomic E-state index is 13.0. The van der Waals surface area contributed by atoms with E-state index in [1.807, 2.05) is 26.0 Å². The lowest BCUT2D eigenvalue weighted by atomic mass is 10.1. The predicted molar refractivity (Wildman–Crippen MR) is 99.0 cm³/mol. The smallest absolute Gasteiger partial charge is 0.240 e. The van der Waals surface area contributed by atoms with Crippen LogP contribution in [0.2, 0.25) is 0 Å². The molecule has 6 nitrogen and oxygen atoms in total. The quantitative estimate of drug-likeness (QED) is 0.713. The minimum Gasteiger partial charge on any atom is -0.240 e. The molecule has 0 amide bonds. The third kappa shape index (κ3) is 2.73. The summed E-state index contributed by atoms with van der Waals surface area (Å²) in [6, 6.07) is 15.3. The molecule has 0 saturated heterocycles. The summed E-state index contributed by atoms with van der Waals surface area (Å²) in [7, 11) is -3.55. The van der Waals surface area contributed by atoms with E-state index in [2.05, 4.69) is 34.6 Å². The lowest BCUT2D eigenvalue weighted by molar-refractivity contribution is 0.421. The third-order valence-corrected chi connectivity index (χ3v) is 6.68. The number of fused-ring (bicyclic) bond motifs is 3. The van der Waals surface area contributed by atoms with Crippen molar-refractivity contribution in [3.8, 4) is 11.3 Å². The first-order valence-electron chi connectivity index (χ1n) is 8.58. The Labute approximate surface area is 153 Å². The SMILES string of the molecule is CCN1Cc2nnn(Cc3ccc(C)cc3)c2-c2ccccc2S1(=O)=O. The van der Waals surface area contributed by atoms with Gasteiger partial charge in [-0.15, -0.1) is 5.10 Å². The summed E-state index contributed by atoms with van der Waals surface area (Å²) < 4.78 is 29.2. The molecular formula is C19H20N4O2S. The molecule has 2 aromatic carbocycles. The third-order valence-electron chi connectivity index (χ3n) is 4.70. The molecule has 1 aliphatic rings. The number of hydrogen-bond donors (Lipinski definition) is 0. The molecule has 0 fully saturated rings. The van der Waals surface area contributed by atoms with Crippen LogP contribution in [0.1, 0.15) is 23.7 Å². The molecule has 0 bridgehead atoms. The fourth-order valence-electron chi connectivity index (χ4n) is 3.29. The van der Waals surface area contributed by atoms with Crippen LogP contribution in [-0.4, -0.2) is 34.3 Å². The maximum Gasteiger partial charge on any atom is 0.244 e. The van der Waals surface area contributed by atoms with Crippen molar-refractivity contribution in [2.45, 2.75) is 31.8 Å². The molecule has 0 aliphatic carbocycles. The molecule has 1 aromatic heterocycles. The molecule has 0 N–H and O–H groups in total. The minimum absolute atomic E-state index is 0.233. The van der Waals surface area contributed by atoms with Gasteiger partial charge in [-0.05, 0) is 18.6 Å². The van der Waals surface area contributed by atoms with E-state index in [0.717, 1.165) is 11.3 Å². The zero-order valence-electron chi connectivity index (χ0n) is 14.8. The van der Waals surface area contributed by atoms with Crippen molar-refractivity contribution in [1.29, 1.82) is 0 Å². The fraction of sp³-hybridized carbons (Fsp3) is 0.263. The van der Waals surface area contributed by atoms with Gasteiger partial charge < -0.3 is 0 Å². The van der Waals surface area contributed by atoms with Gasteiger partial charge in [-0.1, -0.05) is 60.2 Å². The Balaban J connectivity index is 1.88. The molecule has 0 saturated carbocycles. The summed E-state index contributed by atoms with van der Waals surface area (Å²) in [6.45, 7) is 5.05. The predicted octanol–water partition coefficient (Wildman–Crippen LogP) is 2.83. The van der Waals surface area contributed by atoms with E-state index in [1.54, 1.807) is 16.8 Å². The summed E-state index contributed by atoms with van der Waals surface area (Å²) >= 11 is 0. The first-order valence-corrected chi connectivity index (χ1v) is 10.0. The van der Waals surface area contributed by atoms with Gasteiger partial charge in [0, 0.05) is 12.1 Å². The highest BCUT2D eigenvalue weighted by atomic mass is 32.2.